The first-order valence-electron chi connectivity index (χ1n) is 6.58. The predicted molar refractivity (Wildman–Crippen MR) is 78.5 cm³/mol. The van der Waals surface area contributed by atoms with E-state index >= 15 is 0 Å². The molecule has 0 radical (unpaired) electrons. The van der Waals surface area contributed by atoms with Gasteiger partial charge in [-0.3, -0.25) is 4.40 Å². The number of halogens is 1. The van der Waals surface area contributed by atoms with Gasteiger partial charge in [0.2, 0.25) is 0 Å². The summed E-state index contributed by atoms with van der Waals surface area (Å²) >= 11 is 6.26. The molecule has 5 nitrogen and oxygen atoms in total. The molecule has 3 rings (SSSR count). The van der Waals surface area contributed by atoms with Crippen molar-refractivity contribution in [3.63, 3.8) is 0 Å². The molecule has 0 aliphatic carbocycles. The van der Waals surface area contributed by atoms with Crippen LogP contribution in [0.1, 0.15) is 33.5 Å². The zero-order chi connectivity index (χ0) is 14.7. The van der Waals surface area contributed by atoms with E-state index < -0.39 is 7.12 Å². The first-order valence-corrected chi connectivity index (χ1v) is 6.95. The number of aryl methyl sites for hydroxylation is 1. The Bertz CT molecular complexity index is 668. The SMILES string of the molecule is Cc1nnc2c(Cl)cc(B3OC(C)(C)C(C)(C)O3)cn12. The highest BCUT2D eigenvalue weighted by atomic mass is 35.5. The average Bonchev–Trinajstić information content (AvgIpc) is 2.79. The first-order chi connectivity index (χ1) is 9.21. The summed E-state index contributed by atoms with van der Waals surface area (Å²) in [5.41, 5.74) is 0.760. The summed E-state index contributed by atoms with van der Waals surface area (Å²) in [6.45, 7) is 9.98. The molecule has 0 atom stereocenters. The van der Waals surface area contributed by atoms with Gasteiger partial charge in [0.25, 0.3) is 0 Å². The van der Waals surface area contributed by atoms with Crippen molar-refractivity contribution >= 4 is 29.8 Å². The third-order valence-corrected chi connectivity index (χ3v) is 4.45. The van der Waals surface area contributed by atoms with Gasteiger partial charge in [0.05, 0.1) is 16.2 Å². The Morgan fingerprint density at radius 1 is 1.15 bits per heavy atom. The zero-order valence-electron chi connectivity index (χ0n) is 12.3. The molecular formula is C13H17BClN3O2. The standard InChI is InChI=1S/C13H17BClN3O2/c1-8-16-17-11-10(15)6-9(7-18(8)11)14-19-12(2,3)13(4,5)20-14/h6-7H,1-5H3. The minimum Gasteiger partial charge on any atom is -0.399 e. The number of pyridine rings is 1. The highest BCUT2D eigenvalue weighted by Crippen LogP contribution is 2.36. The molecule has 2 aromatic heterocycles. The van der Waals surface area contributed by atoms with E-state index in [4.69, 9.17) is 20.9 Å². The van der Waals surface area contributed by atoms with Crippen LogP contribution in [0.15, 0.2) is 12.3 Å². The van der Waals surface area contributed by atoms with Crippen molar-refractivity contribution in [1.29, 1.82) is 0 Å². The van der Waals surface area contributed by atoms with Crippen molar-refractivity contribution < 1.29 is 9.31 Å². The fourth-order valence-corrected chi connectivity index (χ4v) is 2.45. The Morgan fingerprint density at radius 2 is 1.75 bits per heavy atom. The molecule has 2 aromatic rings. The van der Waals surface area contributed by atoms with Gasteiger partial charge in [-0.2, -0.15) is 0 Å². The number of hydrogen-bond donors (Lipinski definition) is 0. The van der Waals surface area contributed by atoms with Gasteiger partial charge in [0.15, 0.2) is 5.65 Å². The number of aromatic nitrogens is 3. The molecule has 106 valence electrons. The van der Waals surface area contributed by atoms with Gasteiger partial charge >= 0.3 is 7.12 Å². The molecule has 0 N–H and O–H groups in total. The Hall–Kier alpha value is -1.11. The Morgan fingerprint density at radius 3 is 2.35 bits per heavy atom. The van der Waals surface area contributed by atoms with Crippen LogP contribution in [0.3, 0.4) is 0 Å². The molecule has 1 saturated heterocycles. The minimum atomic E-state index is -0.441. The smallest absolute Gasteiger partial charge is 0.399 e. The van der Waals surface area contributed by atoms with Crippen molar-refractivity contribution in [1.82, 2.24) is 14.6 Å². The highest BCUT2D eigenvalue weighted by molar-refractivity contribution is 6.62. The van der Waals surface area contributed by atoms with E-state index in [1.54, 1.807) is 0 Å². The largest absolute Gasteiger partial charge is 0.496 e. The Kier molecular flexibility index (Phi) is 2.91. The van der Waals surface area contributed by atoms with Crippen molar-refractivity contribution in [3.05, 3.63) is 23.1 Å². The van der Waals surface area contributed by atoms with Crippen LogP contribution in [0.4, 0.5) is 0 Å². The van der Waals surface area contributed by atoms with E-state index in [2.05, 4.69) is 10.2 Å². The van der Waals surface area contributed by atoms with Crippen LogP contribution in [0, 0.1) is 6.92 Å². The van der Waals surface area contributed by atoms with Gasteiger partial charge in [0, 0.05) is 11.7 Å². The van der Waals surface area contributed by atoms with Crippen molar-refractivity contribution in [2.75, 3.05) is 0 Å². The second-order valence-electron chi connectivity index (χ2n) is 6.15. The van der Waals surface area contributed by atoms with E-state index in [1.165, 1.54) is 0 Å². The fraction of sp³-hybridized carbons (Fsp3) is 0.538. The van der Waals surface area contributed by atoms with Gasteiger partial charge in [-0.25, -0.2) is 0 Å². The summed E-state index contributed by atoms with van der Waals surface area (Å²) in [6.07, 6.45) is 1.92. The molecular weight excluding hydrogens is 276 g/mol. The van der Waals surface area contributed by atoms with Crippen LogP contribution in [-0.2, 0) is 9.31 Å². The van der Waals surface area contributed by atoms with Crippen LogP contribution in [0.2, 0.25) is 5.02 Å². The Labute approximate surface area is 123 Å². The molecule has 1 fully saturated rings. The van der Waals surface area contributed by atoms with E-state index in [1.807, 2.05) is 51.3 Å². The maximum atomic E-state index is 6.26. The van der Waals surface area contributed by atoms with E-state index in [0.29, 0.717) is 10.7 Å². The van der Waals surface area contributed by atoms with E-state index in [-0.39, 0.29) is 11.2 Å². The summed E-state index contributed by atoms with van der Waals surface area (Å²) in [4.78, 5) is 0. The average molecular weight is 294 g/mol. The van der Waals surface area contributed by atoms with Crippen LogP contribution >= 0.6 is 11.6 Å². The molecule has 0 bridgehead atoms. The molecule has 0 aromatic carbocycles. The van der Waals surface area contributed by atoms with Gasteiger partial charge in [-0.15, -0.1) is 10.2 Å². The second kappa shape index (κ2) is 4.19. The number of hydrogen-bond acceptors (Lipinski definition) is 4. The predicted octanol–water partition coefficient (Wildman–Crippen LogP) is 1.99. The van der Waals surface area contributed by atoms with Gasteiger partial charge < -0.3 is 9.31 Å². The second-order valence-corrected chi connectivity index (χ2v) is 6.56. The topological polar surface area (TPSA) is 48.7 Å². The first kappa shape index (κ1) is 13.9. The minimum absolute atomic E-state index is 0.374. The quantitative estimate of drug-likeness (QED) is 0.755. The van der Waals surface area contributed by atoms with Gasteiger partial charge in [-0.05, 0) is 40.7 Å². The lowest BCUT2D eigenvalue weighted by Gasteiger charge is -2.32. The fourth-order valence-electron chi connectivity index (χ4n) is 2.19. The molecule has 0 amide bonds. The lowest BCUT2D eigenvalue weighted by molar-refractivity contribution is 0.00578. The molecule has 7 heteroatoms. The van der Waals surface area contributed by atoms with Crippen molar-refractivity contribution in [3.8, 4) is 0 Å². The number of rotatable bonds is 1. The highest BCUT2D eigenvalue weighted by Gasteiger charge is 2.51. The number of nitrogens with zero attached hydrogens (tertiary/aromatic N) is 3. The Balaban J connectivity index is 2.06. The van der Waals surface area contributed by atoms with Crippen LogP contribution in [0.5, 0.6) is 0 Å². The van der Waals surface area contributed by atoms with Gasteiger partial charge in [-0.1, -0.05) is 11.6 Å². The summed E-state index contributed by atoms with van der Waals surface area (Å²) in [6, 6.07) is 1.83. The molecule has 0 spiro atoms. The number of fused-ring (bicyclic) bond motifs is 1. The maximum absolute atomic E-state index is 6.26. The van der Waals surface area contributed by atoms with Crippen LogP contribution in [-0.4, -0.2) is 32.9 Å². The van der Waals surface area contributed by atoms with E-state index in [0.717, 1.165) is 11.3 Å². The lowest BCUT2D eigenvalue weighted by atomic mass is 9.80. The normalized spacial score (nSPS) is 20.8. The van der Waals surface area contributed by atoms with Gasteiger partial charge in [0.1, 0.15) is 5.82 Å². The monoisotopic (exact) mass is 293 g/mol. The van der Waals surface area contributed by atoms with Crippen LogP contribution in [0.25, 0.3) is 5.65 Å². The summed E-state index contributed by atoms with van der Waals surface area (Å²) in [7, 11) is -0.441. The third-order valence-electron chi connectivity index (χ3n) is 4.18. The molecule has 1 aliphatic heterocycles. The summed E-state index contributed by atoms with van der Waals surface area (Å²) in [5, 5.41) is 8.61. The van der Waals surface area contributed by atoms with Crippen LogP contribution < -0.4 is 5.46 Å². The lowest BCUT2D eigenvalue weighted by Crippen LogP contribution is -2.41. The molecule has 3 heterocycles. The van der Waals surface area contributed by atoms with E-state index in [9.17, 15) is 0 Å². The maximum Gasteiger partial charge on any atom is 0.496 e. The van der Waals surface area contributed by atoms with Crippen molar-refractivity contribution in [2.24, 2.45) is 0 Å². The summed E-state index contributed by atoms with van der Waals surface area (Å²) in [5.74, 6) is 0.778. The molecule has 0 saturated carbocycles. The molecule has 20 heavy (non-hydrogen) atoms. The third kappa shape index (κ3) is 1.94. The summed E-state index contributed by atoms with van der Waals surface area (Å²) < 4.78 is 13.9. The molecule has 1 aliphatic rings. The van der Waals surface area contributed by atoms with Crippen molar-refractivity contribution in [2.45, 2.75) is 45.8 Å². The molecule has 0 unspecified atom stereocenters. The zero-order valence-corrected chi connectivity index (χ0v) is 13.0.